The Labute approximate surface area is 99.6 Å². The van der Waals surface area contributed by atoms with E-state index in [1.807, 2.05) is 6.07 Å². The average molecular weight is 237 g/mol. The number of thioether (sulfide) groups is 1. The van der Waals surface area contributed by atoms with Gasteiger partial charge in [0.05, 0.1) is 5.52 Å². The first-order chi connectivity index (χ1) is 7.63. The Morgan fingerprint density at radius 1 is 1.31 bits per heavy atom. The average Bonchev–Trinajstić information content (AvgIpc) is 2.55. The van der Waals surface area contributed by atoms with Crippen LogP contribution in [0.1, 0.15) is 25.6 Å². The molecule has 0 saturated heterocycles. The number of nitrogens with zero attached hydrogens (tertiary/aromatic N) is 1. The number of rotatable bonds is 3. The van der Waals surface area contributed by atoms with Crippen LogP contribution >= 0.6 is 11.8 Å². The third kappa shape index (κ3) is 1.96. The molecule has 0 unspecified atom stereocenters. The van der Waals surface area contributed by atoms with Crippen molar-refractivity contribution in [1.29, 1.82) is 0 Å². The van der Waals surface area contributed by atoms with E-state index in [9.17, 15) is 4.39 Å². The summed E-state index contributed by atoms with van der Waals surface area (Å²) in [6.07, 6.45) is 2.09. The molecule has 0 fully saturated rings. The molecule has 1 aromatic heterocycles. The summed E-state index contributed by atoms with van der Waals surface area (Å²) in [6.45, 7) is 4.27. The van der Waals surface area contributed by atoms with Crippen molar-refractivity contribution < 1.29 is 4.39 Å². The largest absolute Gasteiger partial charge is 0.341 e. The predicted molar refractivity (Wildman–Crippen MR) is 69.5 cm³/mol. The SMILES string of the molecule is CSCc1cc2ccc(F)cc2n1C(C)C. The van der Waals surface area contributed by atoms with Crippen LogP contribution in [-0.4, -0.2) is 10.8 Å². The van der Waals surface area contributed by atoms with Crippen molar-refractivity contribution in [2.45, 2.75) is 25.6 Å². The zero-order valence-corrected chi connectivity index (χ0v) is 10.6. The number of hydrogen-bond acceptors (Lipinski definition) is 1. The Bertz CT molecular complexity index is 502. The maximum atomic E-state index is 13.3. The molecule has 1 heterocycles. The number of hydrogen-bond donors (Lipinski definition) is 0. The highest BCUT2D eigenvalue weighted by atomic mass is 32.2. The Morgan fingerprint density at radius 2 is 2.06 bits per heavy atom. The molecule has 0 aliphatic heterocycles. The maximum Gasteiger partial charge on any atom is 0.125 e. The fourth-order valence-electron chi connectivity index (χ4n) is 2.12. The summed E-state index contributed by atoms with van der Waals surface area (Å²) < 4.78 is 15.5. The van der Waals surface area contributed by atoms with E-state index in [0.29, 0.717) is 6.04 Å². The monoisotopic (exact) mass is 237 g/mol. The van der Waals surface area contributed by atoms with Crippen molar-refractivity contribution in [2.24, 2.45) is 0 Å². The minimum atomic E-state index is -0.164. The maximum absolute atomic E-state index is 13.3. The molecular weight excluding hydrogens is 221 g/mol. The molecule has 0 aliphatic carbocycles. The summed E-state index contributed by atoms with van der Waals surface area (Å²) in [5.41, 5.74) is 2.27. The standard InChI is InChI=1S/C13H16FNS/c1-9(2)15-12(8-16-3)6-10-4-5-11(14)7-13(10)15/h4-7,9H,8H2,1-3H3. The van der Waals surface area contributed by atoms with Crippen LogP contribution in [0.5, 0.6) is 0 Å². The Balaban J connectivity index is 2.67. The van der Waals surface area contributed by atoms with E-state index >= 15 is 0 Å². The lowest BCUT2D eigenvalue weighted by molar-refractivity contribution is 0.599. The molecule has 0 bridgehead atoms. The fourth-order valence-corrected chi connectivity index (χ4v) is 2.64. The Hall–Kier alpha value is -0.960. The summed E-state index contributed by atoms with van der Waals surface area (Å²) in [7, 11) is 0. The van der Waals surface area contributed by atoms with Crippen molar-refractivity contribution >= 4 is 22.7 Å². The second kappa shape index (κ2) is 4.50. The van der Waals surface area contributed by atoms with E-state index < -0.39 is 0 Å². The minimum Gasteiger partial charge on any atom is -0.341 e. The van der Waals surface area contributed by atoms with Crippen molar-refractivity contribution in [2.75, 3.05) is 6.26 Å². The fraction of sp³-hybridized carbons (Fsp3) is 0.385. The van der Waals surface area contributed by atoms with Gasteiger partial charge in [-0.1, -0.05) is 0 Å². The van der Waals surface area contributed by atoms with Crippen molar-refractivity contribution in [3.05, 3.63) is 35.8 Å². The quantitative estimate of drug-likeness (QED) is 0.773. The molecule has 1 aromatic carbocycles. The molecule has 1 nitrogen and oxygen atoms in total. The van der Waals surface area contributed by atoms with Gasteiger partial charge in [0.25, 0.3) is 0 Å². The number of halogens is 1. The Kier molecular flexibility index (Phi) is 3.24. The number of fused-ring (bicyclic) bond motifs is 1. The van der Waals surface area contributed by atoms with Crippen molar-refractivity contribution in [3.63, 3.8) is 0 Å². The van der Waals surface area contributed by atoms with Crippen LogP contribution in [0.15, 0.2) is 24.3 Å². The topological polar surface area (TPSA) is 4.93 Å². The first kappa shape index (κ1) is 11.5. The summed E-state index contributed by atoms with van der Waals surface area (Å²) in [5.74, 6) is 0.803. The summed E-state index contributed by atoms with van der Waals surface area (Å²) in [5, 5.41) is 1.12. The zero-order valence-electron chi connectivity index (χ0n) is 9.83. The first-order valence-corrected chi connectivity index (χ1v) is 6.81. The molecule has 2 rings (SSSR count). The van der Waals surface area contributed by atoms with E-state index in [0.717, 1.165) is 16.7 Å². The molecule has 86 valence electrons. The molecule has 0 N–H and O–H groups in total. The molecule has 0 spiro atoms. The van der Waals surface area contributed by atoms with E-state index in [1.165, 1.54) is 11.8 Å². The van der Waals surface area contributed by atoms with Gasteiger partial charge in [0, 0.05) is 22.9 Å². The molecule has 0 aliphatic rings. The molecule has 0 atom stereocenters. The van der Waals surface area contributed by atoms with Gasteiger partial charge >= 0.3 is 0 Å². The van der Waals surface area contributed by atoms with Crippen molar-refractivity contribution in [3.8, 4) is 0 Å². The normalized spacial score (nSPS) is 11.6. The minimum absolute atomic E-state index is 0.164. The third-order valence-corrected chi connectivity index (χ3v) is 3.28. The van der Waals surface area contributed by atoms with Crippen LogP contribution in [0.4, 0.5) is 4.39 Å². The summed E-state index contributed by atoms with van der Waals surface area (Å²) in [6, 6.07) is 7.52. The van der Waals surface area contributed by atoms with E-state index in [-0.39, 0.29) is 5.82 Å². The van der Waals surface area contributed by atoms with E-state index in [4.69, 9.17) is 0 Å². The van der Waals surface area contributed by atoms with E-state index in [1.54, 1.807) is 17.8 Å². The van der Waals surface area contributed by atoms with Gasteiger partial charge in [-0.05, 0) is 44.4 Å². The van der Waals surface area contributed by atoms with Crippen LogP contribution in [0.2, 0.25) is 0 Å². The van der Waals surface area contributed by atoms with Gasteiger partial charge < -0.3 is 4.57 Å². The number of benzene rings is 1. The molecule has 0 radical (unpaired) electrons. The van der Waals surface area contributed by atoms with Gasteiger partial charge in [0.1, 0.15) is 5.82 Å². The molecule has 2 aromatic rings. The van der Waals surface area contributed by atoms with Gasteiger partial charge in [-0.15, -0.1) is 0 Å². The van der Waals surface area contributed by atoms with Gasteiger partial charge in [-0.2, -0.15) is 11.8 Å². The van der Waals surface area contributed by atoms with Crippen LogP contribution in [0.3, 0.4) is 0 Å². The van der Waals surface area contributed by atoms with Gasteiger partial charge in [-0.3, -0.25) is 0 Å². The van der Waals surface area contributed by atoms with Crippen molar-refractivity contribution in [1.82, 2.24) is 4.57 Å². The highest BCUT2D eigenvalue weighted by Gasteiger charge is 2.11. The van der Waals surface area contributed by atoms with E-state index in [2.05, 4.69) is 30.7 Å². The zero-order chi connectivity index (χ0) is 11.7. The Morgan fingerprint density at radius 3 is 2.69 bits per heavy atom. The van der Waals surface area contributed by atoms with Gasteiger partial charge in [0.15, 0.2) is 0 Å². The van der Waals surface area contributed by atoms with Crippen LogP contribution in [0.25, 0.3) is 10.9 Å². The van der Waals surface area contributed by atoms with Crippen LogP contribution < -0.4 is 0 Å². The highest BCUT2D eigenvalue weighted by Crippen LogP contribution is 2.26. The lowest BCUT2D eigenvalue weighted by Gasteiger charge is -2.14. The first-order valence-electron chi connectivity index (χ1n) is 5.41. The summed E-state index contributed by atoms with van der Waals surface area (Å²) in [4.78, 5) is 0. The predicted octanol–water partition coefficient (Wildman–Crippen LogP) is 4.22. The molecule has 3 heteroatoms. The summed E-state index contributed by atoms with van der Waals surface area (Å²) >= 11 is 1.79. The number of aromatic nitrogens is 1. The van der Waals surface area contributed by atoms with Crippen LogP contribution in [0, 0.1) is 5.82 Å². The smallest absolute Gasteiger partial charge is 0.125 e. The molecule has 0 saturated carbocycles. The molecular formula is C13H16FNS. The molecule has 16 heavy (non-hydrogen) atoms. The second-order valence-corrected chi connectivity index (χ2v) is 5.10. The molecule has 0 amide bonds. The second-order valence-electron chi connectivity index (χ2n) is 4.24. The third-order valence-electron chi connectivity index (χ3n) is 2.69. The van der Waals surface area contributed by atoms with Crippen LogP contribution in [-0.2, 0) is 5.75 Å². The van der Waals surface area contributed by atoms with Gasteiger partial charge in [0.2, 0.25) is 0 Å². The van der Waals surface area contributed by atoms with Gasteiger partial charge in [-0.25, -0.2) is 4.39 Å². The lowest BCUT2D eigenvalue weighted by Crippen LogP contribution is -2.04. The highest BCUT2D eigenvalue weighted by molar-refractivity contribution is 7.97. The lowest BCUT2D eigenvalue weighted by atomic mass is 10.2.